The summed E-state index contributed by atoms with van der Waals surface area (Å²) in [7, 11) is -4.89. The highest BCUT2D eigenvalue weighted by molar-refractivity contribution is 7.46. The van der Waals surface area contributed by atoms with Gasteiger partial charge in [-0.25, -0.2) is 9.99 Å². The SMILES string of the molecule is C[C@@](Cc1ccc(OC=O)c(OP(=O)(O)O)c1)(NN)C(=O)O. The molecule has 0 heterocycles. The van der Waals surface area contributed by atoms with E-state index in [9.17, 15) is 14.2 Å². The molecule has 0 radical (unpaired) electrons. The molecule has 0 aromatic heterocycles. The molecule has 0 aliphatic rings. The van der Waals surface area contributed by atoms with Crippen LogP contribution in [0.2, 0.25) is 0 Å². The van der Waals surface area contributed by atoms with Gasteiger partial charge in [0.1, 0.15) is 5.54 Å². The van der Waals surface area contributed by atoms with Gasteiger partial charge < -0.3 is 14.4 Å². The minimum atomic E-state index is -4.89. The Bertz CT molecular complexity index is 616. The number of carbonyl (C=O) groups is 2. The van der Waals surface area contributed by atoms with Gasteiger partial charge in [0.25, 0.3) is 6.47 Å². The van der Waals surface area contributed by atoms with Crippen molar-refractivity contribution in [3.05, 3.63) is 23.8 Å². The fraction of sp³-hybridized carbons (Fsp3) is 0.273. The number of phosphoric ester groups is 1. The monoisotopic (exact) mass is 334 g/mol. The van der Waals surface area contributed by atoms with E-state index in [-0.39, 0.29) is 18.6 Å². The number of hydrogen-bond donors (Lipinski definition) is 5. The van der Waals surface area contributed by atoms with Gasteiger partial charge >= 0.3 is 13.8 Å². The summed E-state index contributed by atoms with van der Waals surface area (Å²) in [6.07, 6.45) is -0.113. The number of carbonyl (C=O) groups excluding carboxylic acids is 1. The minimum absolute atomic E-state index is 0.0599. The molecule has 0 aliphatic heterocycles. The molecule has 0 spiro atoms. The molecular formula is C11H15N2O8P. The van der Waals surface area contributed by atoms with Crippen LogP contribution in [0.5, 0.6) is 11.5 Å². The molecule has 1 aromatic rings. The number of hydrazine groups is 1. The number of hydrogen-bond acceptors (Lipinski definition) is 7. The Balaban J connectivity index is 3.18. The van der Waals surface area contributed by atoms with E-state index in [1.54, 1.807) is 0 Å². The third-order valence-electron chi connectivity index (χ3n) is 2.75. The number of ether oxygens (including phenoxy) is 1. The standard InChI is InChI=1S/C11H15N2O8P/c1-11(13-12,10(15)16)5-7-2-3-8(20-6-14)9(4-7)21-22(17,18)19/h2-4,6,13H,5,12H2,1H3,(H,15,16)(H2,17,18,19)/t11-/m0/s1. The zero-order valence-electron chi connectivity index (χ0n) is 11.4. The Morgan fingerprint density at radius 1 is 1.45 bits per heavy atom. The minimum Gasteiger partial charge on any atom is -0.480 e. The number of benzene rings is 1. The van der Waals surface area contributed by atoms with Crippen molar-refractivity contribution in [2.24, 2.45) is 5.84 Å². The molecule has 1 rings (SSSR count). The van der Waals surface area contributed by atoms with E-state index in [0.29, 0.717) is 5.56 Å². The Morgan fingerprint density at radius 2 is 2.09 bits per heavy atom. The van der Waals surface area contributed by atoms with Crippen molar-refractivity contribution in [2.75, 3.05) is 0 Å². The van der Waals surface area contributed by atoms with E-state index >= 15 is 0 Å². The van der Waals surface area contributed by atoms with Crippen molar-refractivity contribution in [3.63, 3.8) is 0 Å². The Morgan fingerprint density at radius 3 is 2.55 bits per heavy atom. The van der Waals surface area contributed by atoms with Crippen LogP contribution < -0.4 is 20.5 Å². The molecular weight excluding hydrogens is 319 g/mol. The maximum Gasteiger partial charge on any atom is 0.524 e. The smallest absolute Gasteiger partial charge is 0.480 e. The molecule has 0 saturated carbocycles. The predicted octanol–water partition coefficient (Wildman–Crippen LogP) is -0.458. The van der Waals surface area contributed by atoms with Gasteiger partial charge in [-0.15, -0.1) is 0 Å². The van der Waals surface area contributed by atoms with Crippen LogP contribution in [-0.2, 0) is 20.6 Å². The fourth-order valence-electron chi connectivity index (χ4n) is 1.61. The van der Waals surface area contributed by atoms with Gasteiger partial charge in [-0.1, -0.05) is 6.07 Å². The van der Waals surface area contributed by atoms with E-state index in [4.69, 9.17) is 20.7 Å². The summed E-state index contributed by atoms with van der Waals surface area (Å²) in [5.74, 6) is 3.37. The van der Waals surface area contributed by atoms with Crippen LogP contribution in [-0.4, -0.2) is 32.9 Å². The Labute approximate surface area is 125 Å². The van der Waals surface area contributed by atoms with Gasteiger partial charge in [-0.05, 0) is 24.6 Å². The highest BCUT2D eigenvalue weighted by atomic mass is 31.2. The van der Waals surface area contributed by atoms with Crippen molar-refractivity contribution < 1.29 is 38.3 Å². The van der Waals surface area contributed by atoms with Gasteiger partial charge in [0.15, 0.2) is 11.5 Å². The van der Waals surface area contributed by atoms with E-state index in [0.717, 1.165) is 6.07 Å². The molecule has 10 nitrogen and oxygen atoms in total. The van der Waals surface area contributed by atoms with Gasteiger partial charge in [-0.2, -0.15) is 0 Å². The summed E-state index contributed by atoms with van der Waals surface area (Å²) >= 11 is 0. The number of nitrogens with one attached hydrogen (secondary N) is 1. The van der Waals surface area contributed by atoms with Crippen LogP contribution in [0.15, 0.2) is 18.2 Å². The van der Waals surface area contributed by atoms with Crippen LogP contribution in [0.4, 0.5) is 0 Å². The van der Waals surface area contributed by atoms with E-state index in [1.807, 2.05) is 0 Å². The molecule has 22 heavy (non-hydrogen) atoms. The Kier molecular flexibility index (Phi) is 5.64. The largest absolute Gasteiger partial charge is 0.524 e. The average molecular weight is 334 g/mol. The number of aliphatic carboxylic acids is 1. The number of nitrogens with two attached hydrogens (primary N) is 1. The van der Waals surface area contributed by atoms with Crippen molar-refractivity contribution >= 4 is 20.3 Å². The van der Waals surface area contributed by atoms with Gasteiger partial charge in [0, 0.05) is 6.42 Å². The molecule has 0 fully saturated rings. The number of carboxylic acid groups (broad SMARTS) is 1. The highest BCUT2D eigenvalue weighted by Gasteiger charge is 2.32. The average Bonchev–Trinajstić information content (AvgIpc) is 2.39. The molecule has 122 valence electrons. The number of carboxylic acids is 1. The lowest BCUT2D eigenvalue weighted by Crippen LogP contribution is -2.54. The summed E-state index contributed by atoms with van der Waals surface area (Å²) in [4.78, 5) is 39.2. The zero-order valence-corrected chi connectivity index (χ0v) is 12.3. The van der Waals surface area contributed by atoms with E-state index < -0.39 is 25.1 Å². The topological polar surface area (TPSA) is 168 Å². The third-order valence-corrected chi connectivity index (χ3v) is 3.18. The lowest BCUT2D eigenvalue weighted by molar-refractivity contribution is -0.144. The maximum atomic E-state index is 11.2. The molecule has 0 aliphatic carbocycles. The second kappa shape index (κ2) is 6.86. The molecule has 0 saturated heterocycles. The van der Waals surface area contributed by atoms with Gasteiger partial charge in [-0.3, -0.25) is 25.2 Å². The molecule has 1 aromatic carbocycles. The highest BCUT2D eigenvalue weighted by Crippen LogP contribution is 2.42. The van der Waals surface area contributed by atoms with E-state index in [2.05, 4.69) is 14.7 Å². The summed E-state index contributed by atoms with van der Waals surface area (Å²) < 4.78 is 19.9. The van der Waals surface area contributed by atoms with E-state index in [1.165, 1.54) is 19.1 Å². The Hall–Kier alpha value is -1.97. The van der Waals surface area contributed by atoms with Crippen molar-refractivity contribution in [3.8, 4) is 11.5 Å². The molecule has 0 bridgehead atoms. The zero-order chi connectivity index (χ0) is 17.0. The lowest BCUT2D eigenvalue weighted by Gasteiger charge is -2.24. The van der Waals surface area contributed by atoms with Crippen LogP contribution >= 0.6 is 7.82 Å². The summed E-state index contributed by atoms with van der Waals surface area (Å²) in [6, 6.07) is 3.77. The van der Waals surface area contributed by atoms with Crippen LogP contribution in [0.1, 0.15) is 12.5 Å². The first-order valence-corrected chi connectivity index (χ1v) is 7.34. The van der Waals surface area contributed by atoms with Crippen molar-refractivity contribution in [2.45, 2.75) is 18.9 Å². The molecule has 1 atom stereocenters. The van der Waals surface area contributed by atoms with Crippen LogP contribution in [0.25, 0.3) is 0 Å². The predicted molar refractivity (Wildman–Crippen MR) is 72.9 cm³/mol. The van der Waals surface area contributed by atoms with Gasteiger partial charge in [0.2, 0.25) is 0 Å². The lowest BCUT2D eigenvalue weighted by atomic mass is 9.93. The maximum absolute atomic E-state index is 11.2. The first-order valence-electron chi connectivity index (χ1n) is 5.81. The first kappa shape index (κ1) is 18.1. The normalized spacial score (nSPS) is 14.0. The van der Waals surface area contributed by atoms with Crippen LogP contribution in [0, 0.1) is 0 Å². The quantitative estimate of drug-likeness (QED) is 0.181. The van der Waals surface area contributed by atoms with Crippen LogP contribution in [0.3, 0.4) is 0 Å². The number of phosphoric acid groups is 1. The third kappa shape index (κ3) is 4.79. The molecule has 6 N–H and O–H groups in total. The molecule has 0 amide bonds. The summed E-state index contributed by atoms with van der Waals surface area (Å²) in [5, 5.41) is 9.12. The second-order valence-corrected chi connectivity index (χ2v) is 5.70. The summed E-state index contributed by atoms with van der Waals surface area (Å²) in [6.45, 7) is 1.39. The van der Waals surface area contributed by atoms with Crippen molar-refractivity contribution in [1.82, 2.24) is 5.43 Å². The second-order valence-electron chi connectivity index (χ2n) is 4.54. The fourth-order valence-corrected chi connectivity index (χ4v) is 2.01. The summed E-state index contributed by atoms with van der Waals surface area (Å²) in [5.41, 5.74) is 0.983. The first-order chi connectivity index (χ1) is 10.1. The molecule has 11 heteroatoms. The van der Waals surface area contributed by atoms with Crippen molar-refractivity contribution in [1.29, 1.82) is 0 Å². The molecule has 0 unspecified atom stereocenters. The number of rotatable bonds is 8. The van der Waals surface area contributed by atoms with Gasteiger partial charge in [0.05, 0.1) is 0 Å².